The highest BCUT2D eigenvalue weighted by Crippen LogP contribution is 2.39. The smallest absolute Gasteiger partial charge is 0.136 e. The van der Waals surface area contributed by atoms with Crippen molar-refractivity contribution in [1.29, 1.82) is 0 Å². The molecule has 0 saturated heterocycles. The summed E-state index contributed by atoms with van der Waals surface area (Å²) in [5.41, 5.74) is 0. The van der Waals surface area contributed by atoms with E-state index in [1.54, 1.807) is 0 Å². The average molecular weight is 279 g/mol. The van der Waals surface area contributed by atoms with Crippen molar-refractivity contribution in [2.75, 3.05) is 6.61 Å². The summed E-state index contributed by atoms with van der Waals surface area (Å²) in [5.74, 6) is 3.50. The van der Waals surface area contributed by atoms with E-state index in [4.69, 9.17) is 5.11 Å². The Hall–Kier alpha value is -0.900. The molecular formula is C16H29N3O. The summed E-state index contributed by atoms with van der Waals surface area (Å²) < 4.78 is 2.42. The molecule has 1 fully saturated rings. The van der Waals surface area contributed by atoms with E-state index in [-0.39, 0.29) is 6.61 Å². The van der Waals surface area contributed by atoms with E-state index in [1.807, 2.05) is 0 Å². The summed E-state index contributed by atoms with van der Waals surface area (Å²) in [6.07, 6.45) is 7.72. The van der Waals surface area contributed by atoms with Crippen LogP contribution in [0.3, 0.4) is 0 Å². The molecule has 1 aliphatic carbocycles. The lowest BCUT2D eigenvalue weighted by Crippen LogP contribution is -2.11. The molecule has 2 rings (SSSR count). The van der Waals surface area contributed by atoms with E-state index < -0.39 is 0 Å². The van der Waals surface area contributed by atoms with Crippen molar-refractivity contribution in [3.63, 3.8) is 0 Å². The fraction of sp³-hybridized carbons (Fsp3) is 0.875. The first-order chi connectivity index (χ1) is 9.67. The topological polar surface area (TPSA) is 50.9 Å². The van der Waals surface area contributed by atoms with Gasteiger partial charge in [-0.05, 0) is 44.4 Å². The number of nitrogens with zero attached hydrogens (tertiary/aromatic N) is 3. The van der Waals surface area contributed by atoms with E-state index in [2.05, 4.69) is 35.5 Å². The predicted octanol–water partition coefficient (Wildman–Crippen LogP) is 3.47. The first kappa shape index (κ1) is 15.5. The lowest BCUT2D eigenvalue weighted by atomic mass is 9.99. The molecule has 1 saturated carbocycles. The highest BCUT2D eigenvalue weighted by molar-refractivity contribution is 5.07. The van der Waals surface area contributed by atoms with Gasteiger partial charge in [0.15, 0.2) is 0 Å². The molecule has 0 aromatic carbocycles. The summed E-state index contributed by atoms with van der Waals surface area (Å²) in [5, 5.41) is 18.0. The SMILES string of the molecule is CCC(CCCO)c1nnc(CCC(C)C)n1C1CC1. The van der Waals surface area contributed by atoms with Crippen molar-refractivity contribution in [2.45, 2.75) is 77.7 Å². The van der Waals surface area contributed by atoms with Crippen molar-refractivity contribution in [3.05, 3.63) is 11.6 Å². The summed E-state index contributed by atoms with van der Waals surface area (Å²) in [6, 6.07) is 0.644. The number of aryl methyl sites for hydroxylation is 1. The molecule has 4 heteroatoms. The van der Waals surface area contributed by atoms with Crippen molar-refractivity contribution >= 4 is 0 Å². The second kappa shape index (κ2) is 7.21. The fourth-order valence-electron chi connectivity index (χ4n) is 2.79. The summed E-state index contributed by atoms with van der Waals surface area (Å²) >= 11 is 0. The Labute approximate surface area is 122 Å². The molecule has 1 unspecified atom stereocenters. The quantitative estimate of drug-likeness (QED) is 0.753. The normalized spacial score (nSPS) is 16.9. The van der Waals surface area contributed by atoms with Crippen LogP contribution in [0.15, 0.2) is 0 Å². The van der Waals surface area contributed by atoms with Crippen molar-refractivity contribution in [2.24, 2.45) is 5.92 Å². The zero-order chi connectivity index (χ0) is 14.5. The van der Waals surface area contributed by atoms with Crippen molar-refractivity contribution in [1.82, 2.24) is 14.8 Å². The van der Waals surface area contributed by atoms with Crippen LogP contribution in [-0.4, -0.2) is 26.5 Å². The maximum atomic E-state index is 9.06. The molecule has 1 aromatic rings. The van der Waals surface area contributed by atoms with Gasteiger partial charge in [0.05, 0.1) is 0 Å². The van der Waals surface area contributed by atoms with Crippen LogP contribution in [0.2, 0.25) is 0 Å². The third kappa shape index (κ3) is 3.81. The van der Waals surface area contributed by atoms with Gasteiger partial charge in [0, 0.05) is 25.0 Å². The molecule has 1 heterocycles. The van der Waals surface area contributed by atoms with Gasteiger partial charge in [-0.2, -0.15) is 0 Å². The second-order valence-electron chi connectivity index (χ2n) is 6.48. The minimum Gasteiger partial charge on any atom is -0.396 e. The van der Waals surface area contributed by atoms with Crippen LogP contribution in [-0.2, 0) is 6.42 Å². The molecule has 0 amide bonds. The molecule has 20 heavy (non-hydrogen) atoms. The Kier molecular flexibility index (Phi) is 5.58. The molecule has 1 aromatic heterocycles. The maximum absolute atomic E-state index is 9.06. The van der Waals surface area contributed by atoms with Gasteiger partial charge < -0.3 is 9.67 Å². The van der Waals surface area contributed by atoms with Gasteiger partial charge in [-0.1, -0.05) is 20.8 Å². The van der Waals surface area contributed by atoms with Crippen LogP contribution in [0, 0.1) is 5.92 Å². The Morgan fingerprint density at radius 1 is 1.25 bits per heavy atom. The Bertz CT molecular complexity index is 410. The van der Waals surface area contributed by atoms with E-state index in [0.717, 1.165) is 25.7 Å². The van der Waals surface area contributed by atoms with Crippen LogP contribution in [0.4, 0.5) is 0 Å². The number of rotatable bonds is 9. The van der Waals surface area contributed by atoms with Gasteiger partial charge in [-0.3, -0.25) is 0 Å². The minimum atomic E-state index is 0.272. The van der Waals surface area contributed by atoms with Gasteiger partial charge in [0.2, 0.25) is 0 Å². The molecule has 1 aliphatic rings. The van der Waals surface area contributed by atoms with Gasteiger partial charge in [0.1, 0.15) is 11.6 Å². The number of aliphatic hydroxyl groups excluding tert-OH is 1. The van der Waals surface area contributed by atoms with Gasteiger partial charge >= 0.3 is 0 Å². The fourth-order valence-corrected chi connectivity index (χ4v) is 2.79. The van der Waals surface area contributed by atoms with E-state index in [0.29, 0.717) is 17.9 Å². The van der Waals surface area contributed by atoms with Gasteiger partial charge in [-0.15, -0.1) is 10.2 Å². The highest BCUT2D eigenvalue weighted by atomic mass is 16.2. The van der Waals surface area contributed by atoms with Crippen LogP contribution in [0.25, 0.3) is 0 Å². The Morgan fingerprint density at radius 2 is 2.00 bits per heavy atom. The van der Waals surface area contributed by atoms with Crippen LogP contribution in [0.1, 0.15) is 82.9 Å². The Morgan fingerprint density at radius 3 is 2.55 bits per heavy atom. The van der Waals surface area contributed by atoms with Crippen molar-refractivity contribution in [3.8, 4) is 0 Å². The molecule has 1 atom stereocenters. The monoisotopic (exact) mass is 279 g/mol. The largest absolute Gasteiger partial charge is 0.396 e. The summed E-state index contributed by atoms with van der Waals surface area (Å²) in [7, 11) is 0. The third-order valence-corrected chi connectivity index (χ3v) is 4.22. The van der Waals surface area contributed by atoms with E-state index >= 15 is 0 Å². The maximum Gasteiger partial charge on any atom is 0.136 e. The van der Waals surface area contributed by atoms with E-state index in [1.165, 1.54) is 30.9 Å². The number of aliphatic hydroxyl groups is 1. The predicted molar refractivity (Wildman–Crippen MR) is 80.8 cm³/mol. The van der Waals surface area contributed by atoms with Crippen LogP contribution >= 0.6 is 0 Å². The molecule has 1 N–H and O–H groups in total. The zero-order valence-corrected chi connectivity index (χ0v) is 13.2. The van der Waals surface area contributed by atoms with Gasteiger partial charge in [0.25, 0.3) is 0 Å². The molecule has 0 bridgehead atoms. The molecule has 114 valence electrons. The molecule has 0 aliphatic heterocycles. The molecule has 0 radical (unpaired) electrons. The second-order valence-corrected chi connectivity index (χ2v) is 6.48. The summed E-state index contributed by atoms with van der Waals surface area (Å²) in [6.45, 7) is 7.00. The number of hydrogen-bond acceptors (Lipinski definition) is 3. The number of aromatic nitrogens is 3. The Balaban J connectivity index is 2.15. The third-order valence-electron chi connectivity index (χ3n) is 4.22. The van der Waals surface area contributed by atoms with Crippen LogP contribution < -0.4 is 0 Å². The number of hydrogen-bond donors (Lipinski definition) is 1. The lowest BCUT2D eigenvalue weighted by Gasteiger charge is -2.16. The minimum absolute atomic E-state index is 0.272. The molecular weight excluding hydrogens is 250 g/mol. The van der Waals surface area contributed by atoms with Gasteiger partial charge in [-0.25, -0.2) is 0 Å². The first-order valence-electron chi connectivity index (χ1n) is 8.21. The molecule has 0 spiro atoms. The zero-order valence-electron chi connectivity index (χ0n) is 13.2. The lowest BCUT2D eigenvalue weighted by molar-refractivity contribution is 0.277. The summed E-state index contributed by atoms with van der Waals surface area (Å²) in [4.78, 5) is 0. The first-order valence-corrected chi connectivity index (χ1v) is 8.21. The van der Waals surface area contributed by atoms with E-state index in [9.17, 15) is 0 Å². The average Bonchev–Trinajstić information content (AvgIpc) is 3.18. The van der Waals surface area contributed by atoms with Crippen LogP contribution in [0.5, 0.6) is 0 Å². The van der Waals surface area contributed by atoms with Crippen molar-refractivity contribution < 1.29 is 5.11 Å². The standard InChI is InChI=1S/C16H29N3O/c1-4-13(6-5-11-20)16-18-17-15(10-7-12(2)3)19(16)14-8-9-14/h12-14,20H,4-11H2,1-3H3. The molecule has 4 nitrogen and oxygen atoms in total. The highest BCUT2D eigenvalue weighted by Gasteiger charge is 2.31.